The summed E-state index contributed by atoms with van der Waals surface area (Å²) in [5, 5.41) is 12.6. The van der Waals surface area contributed by atoms with Crippen LogP contribution in [0, 0.1) is 0 Å². The summed E-state index contributed by atoms with van der Waals surface area (Å²) in [7, 11) is 0. The van der Waals surface area contributed by atoms with Crippen LogP contribution in [0.1, 0.15) is 11.1 Å². The molecule has 5 rings (SSSR count). The van der Waals surface area contributed by atoms with E-state index in [1.807, 2.05) is 24.3 Å². The van der Waals surface area contributed by atoms with Crippen LogP contribution in [-0.2, 0) is 12.3 Å². The van der Waals surface area contributed by atoms with Gasteiger partial charge in [-0.15, -0.1) is 10.2 Å². The SMILES string of the molecule is Brc1ccccc1-c1nnc(SCc2cccc3ccccc23)n1Cc1ccccc1. The third-order valence-electron chi connectivity index (χ3n) is 5.25. The summed E-state index contributed by atoms with van der Waals surface area (Å²) in [5.74, 6) is 1.71. The highest BCUT2D eigenvalue weighted by molar-refractivity contribution is 9.10. The monoisotopic (exact) mass is 485 g/mol. The summed E-state index contributed by atoms with van der Waals surface area (Å²) in [4.78, 5) is 0. The standard InChI is InChI=1S/C26H20BrN3S/c27-24-16-7-6-15-23(24)25-28-29-26(30(25)17-19-9-2-1-3-10-19)31-18-21-13-8-12-20-11-4-5-14-22(20)21/h1-16H,17-18H2. The number of benzene rings is 4. The lowest BCUT2D eigenvalue weighted by Gasteiger charge is -2.12. The fourth-order valence-corrected chi connectivity index (χ4v) is 5.11. The topological polar surface area (TPSA) is 30.7 Å². The van der Waals surface area contributed by atoms with Gasteiger partial charge in [-0.1, -0.05) is 119 Å². The summed E-state index contributed by atoms with van der Waals surface area (Å²) >= 11 is 5.41. The first-order chi connectivity index (χ1) is 15.3. The Balaban J connectivity index is 1.51. The van der Waals surface area contributed by atoms with E-state index in [-0.39, 0.29) is 0 Å². The second-order valence-corrected chi connectivity index (χ2v) is 9.08. The lowest BCUT2D eigenvalue weighted by molar-refractivity contribution is 0.714. The number of hydrogen-bond donors (Lipinski definition) is 0. The molecule has 0 N–H and O–H groups in total. The Kier molecular flexibility index (Phi) is 5.87. The molecule has 1 heterocycles. The third-order valence-corrected chi connectivity index (χ3v) is 6.96. The van der Waals surface area contributed by atoms with Crippen molar-refractivity contribution in [2.45, 2.75) is 17.5 Å². The van der Waals surface area contributed by atoms with Gasteiger partial charge in [-0.25, -0.2) is 0 Å². The Morgan fingerprint density at radius 3 is 2.35 bits per heavy atom. The molecule has 4 aromatic carbocycles. The van der Waals surface area contributed by atoms with E-state index in [0.29, 0.717) is 0 Å². The largest absolute Gasteiger partial charge is 0.298 e. The average Bonchev–Trinajstić information content (AvgIpc) is 3.20. The van der Waals surface area contributed by atoms with Crippen molar-refractivity contribution in [3.8, 4) is 11.4 Å². The maximum absolute atomic E-state index is 4.58. The third kappa shape index (κ3) is 4.29. The molecule has 1 aromatic heterocycles. The first-order valence-electron chi connectivity index (χ1n) is 10.1. The van der Waals surface area contributed by atoms with E-state index in [4.69, 9.17) is 0 Å². The maximum atomic E-state index is 4.58. The number of nitrogens with zero attached hydrogens (tertiary/aromatic N) is 3. The van der Waals surface area contributed by atoms with Gasteiger partial charge in [0.05, 0.1) is 6.54 Å². The quantitative estimate of drug-likeness (QED) is 0.238. The van der Waals surface area contributed by atoms with E-state index in [9.17, 15) is 0 Å². The minimum atomic E-state index is 0.725. The molecule has 0 aliphatic carbocycles. The molecule has 0 bridgehead atoms. The first-order valence-corrected chi connectivity index (χ1v) is 11.9. The minimum Gasteiger partial charge on any atom is -0.298 e. The molecule has 0 fully saturated rings. The van der Waals surface area contributed by atoms with E-state index >= 15 is 0 Å². The van der Waals surface area contributed by atoms with Gasteiger partial charge in [-0.05, 0) is 28.0 Å². The van der Waals surface area contributed by atoms with Gasteiger partial charge in [0.2, 0.25) is 0 Å². The van der Waals surface area contributed by atoms with E-state index in [1.54, 1.807) is 11.8 Å². The molecule has 0 unspecified atom stereocenters. The van der Waals surface area contributed by atoms with Gasteiger partial charge < -0.3 is 0 Å². The van der Waals surface area contributed by atoms with E-state index in [2.05, 4.69) is 103 Å². The van der Waals surface area contributed by atoms with Crippen molar-refractivity contribution in [1.29, 1.82) is 0 Å². The Bertz CT molecular complexity index is 1330. The van der Waals surface area contributed by atoms with E-state index in [0.717, 1.165) is 33.3 Å². The lowest BCUT2D eigenvalue weighted by atomic mass is 10.1. The number of aromatic nitrogens is 3. The average molecular weight is 486 g/mol. The molecule has 5 aromatic rings. The highest BCUT2D eigenvalue weighted by Gasteiger charge is 2.17. The van der Waals surface area contributed by atoms with Gasteiger partial charge in [0.1, 0.15) is 0 Å². The molecule has 0 aliphatic rings. The fraction of sp³-hybridized carbons (Fsp3) is 0.0769. The van der Waals surface area contributed by atoms with E-state index < -0.39 is 0 Å². The van der Waals surface area contributed by atoms with Crippen LogP contribution in [0.4, 0.5) is 0 Å². The summed E-state index contributed by atoms with van der Waals surface area (Å²) in [6.07, 6.45) is 0. The Morgan fingerprint density at radius 1 is 0.742 bits per heavy atom. The van der Waals surface area contributed by atoms with Crippen LogP contribution >= 0.6 is 27.7 Å². The van der Waals surface area contributed by atoms with Crippen LogP contribution in [0.15, 0.2) is 107 Å². The number of hydrogen-bond acceptors (Lipinski definition) is 3. The molecule has 5 heteroatoms. The minimum absolute atomic E-state index is 0.725. The Morgan fingerprint density at radius 2 is 1.48 bits per heavy atom. The summed E-state index contributed by atoms with van der Waals surface area (Å²) < 4.78 is 3.23. The fourth-order valence-electron chi connectivity index (χ4n) is 3.71. The smallest absolute Gasteiger partial charge is 0.192 e. The molecular formula is C26H20BrN3S. The van der Waals surface area contributed by atoms with Crippen LogP contribution in [0.5, 0.6) is 0 Å². The molecule has 152 valence electrons. The lowest BCUT2D eigenvalue weighted by Crippen LogP contribution is -2.04. The molecule has 0 atom stereocenters. The van der Waals surface area contributed by atoms with Crippen LogP contribution in [0.3, 0.4) is 0 Å². The predicted octanol–water partition coefficient (Wildman–Crippen LogP) is 7.20. The molecule has 0 saturated heterocycles. The zero-order chi connectivity index (χ0) is 21.0. The summed E-state index contributed by atoms with van der Waals surface area (Å²) in [5.41, 5.74) is 3.57. The van der Waals surface area contributed by atoms with Crippen molar-refractivity contribution in [3.63, 3.8) is 0 Å². The summed E-state index contributed by atoms with van der Waals surface area (Å²) in [6.45, 7) is 0.725. The van der Waals surface area contributed by atoms with Gasteiger partial charge in [-0.3, -0.25) is 4.57 Å². The van der Waals surface area contributed by atoms with Crippen molar-refractivity contribution in [2.24, 2.45) is 0 Å². The number of fused-ring (bicyclic) bond motifs is 1. The summed E-state index contributed by atoms with van der Waals surface area (Å²) in [6, 6.07) is 33.6. The van der Waals surface area contributed by atoms with Gasteiger partial charge in [-0.2, -0.15) is 0 Å². The molecule has 3 nitrogen and oxygen atoms in total. The number of rotatable bonds is 6. The van der Waals surface area contributed by atoms with E-state index in [1.165, 1.54) is 21.9 Å². The second kappa shape index (κ2) is 9.08. The zero-order valence-corrected chi connectivity index (χ0v) is 19.2. The van der Waals surface area contributed by atoms with Gasteiger partial charge in [0.15, 0.2) is 11.0 Å². The highest BCUT2D eigenvalue weighted by Crippen LogP contribution is 2.32. The zero-order valence-electron chi connectivity index (χ0n) is 16.8. The molecule has 31 heavy (non-hydrogen) atoms. The molecule has 0 amide bonds. The van der Waals surface area contributed by atoms with Gasteiger partial charge in [0, 0.05) is 15.8 Å². The van der Waals surface area contributed by atoms with Crippen molar-refractivity contribution >= 4 is 38.5 Å². The molecule has 0 spiro atoms. The van der Waals surface area contributed by atoms with Crippen molar-refractivity contribution in [2.75, 3.05) is 0 Å². The number of thioether (sulfide) groups is 1. The van der Waals surface area contributed by atoms with Crippen LogP contribution in [-0.4, -0.2) is 14.8 Å². The number of halogens is 1. The Labute approximate surface area is 194 Å². The van der Waals surface area contributed by atoms with Crippen LogP contribution in [0.2, 0.25) is 0 Å². The molecule has 0 saturated carbocycles. The van der Waals surface area contributed by atoms with Crippen molar-refractivity contribution < 1.29 is 0 Å². The predicted molar refractivity (Wildman–Crippen MR) is 132 cm³/mol. The maximum Gasteiger partial charge on any atom is 0.192 e. The van der Waals surface area contributed by atoms with Crippen LogP contribution in [0.25, 0.3) is 22.2 Å². The Hall–Kier alpha value is -2.89. The molecule has 0 aliphatic heterocycles. The molecular weight excluding hydrogens is 466 g/mol. The van der Waals surface area contributed by atoms with Crippen LogP contribution < -0.4 is 0 Å². The van der Waals surface area contributed by atoms with Gasteiger partial charge >= 0.3 is 0 Å². The normalized spacial score (nSPS) is 11.1. The van der Waals surface area contributed by atoms with Crippen molar-refractivity contribution in [3.05, 3.63) is 113 Å². The highest BCUT2D eigenvalue weighted by atomic mass is 79.9. The second-order valence-electron chi connectivity index (χ2n) is 7.28. The van der Waals surface area contributed by atoms with Crippen molar-refractivity contribution in [1.82, 2.24) is 14.8 Å². The molecule has 0 radical (unpaired) electrons. The first kappa shape index (κ1) is 20.0. The van der Waals surface area contributed by atoms with Gasteiger partial charge in [0.25, 0.3) is 0 Å².